The highest BCUT2D eigenvalue weighted by Gasteiger charge is 1.96. The molecular weight excluding hydrogens is 192 g/mol. The summed E-state index contributed by atoms with van der Waals surface area (Å²) in [6, 6.07) is 8.89. The molecule has 0 radical (unpaired) electrons. The summed E-state index contributed by atoms with van der Waals surface area (Å²) < 4.78 is 28.5. The van der Waals surface area contributed by atoms with Crippen molar-refractivity contribution in [3.8, 4) is 0 Å². The molecule has 0 aliphatic heterocycles. The van der Waals surface area contributed by atoms with Crippen molar-refractivity contribution < 1.29 is 13.0 Å². The fraction of sp³-hybridized carbons (Fsp3) is 0. The van der Waals surface area contributed by atoms with Crippen LogP contribution in [0.25, 0.3) is 0 Å². The fourth-order valence-corrected chi connectivity index (χ4v) is 0.893. The number of hydrogen-bond acceptors (Lipinski definition) is 3. The van der Waals surface area contributed by atoms with Crippen LogP contribution in [-0.2, 0) is 10.3 Å². The minimum absolute atomic E-state index is 0.735. The van der Waals surface area contributed by atoms with Crippen LogP contribution in [0.2, 0.25) is 0 Å². The minimum Gasteiger partial charge on any atom is -0.268 e. The lowest BCUT2D eigenvalue weighted by atomic mass is 10.2. The smallest absolute Gasteiger partial charge is 0.268 e. The second-order valence-electron chi connectivity index (χ2n) is 2.24. The second-order valence-corrected chi connectivity index (χ2v) is 3.37. The first kappa shape index (κ1) is 9.69. The molecule has 5 nitrogen and oxygen atoms in total. The highest BCUT2D eigenvalue weighted by Crippen LogP contribution is 1.93. The van der Waals surface area contributed by atoms with Crippen molar-refractivity contribution in [1.82, 2.24) is 4.83 Å². The van der Waals surface area contributed by atoms with Crippen molar-refractivity contribution in [1.29, 1.82) is 0 Å². The maximum Gasteiger partial charge on any atom is 0.372 e. The lowest BCUT2D eigenvalue weighted by molar-refractivity contribution is 0.470. The molecule has 0 aliphatic rings. The van der Waals surface area contributed by atoms with Crippen LogP contribution in [0.5, 0.6) is 0 Å². The minimum atomic E-state index is -4.24. The Labute approximate surface area is 76.0 Å². The maximum absolute atomic E-state index is 10.2. The van der Waals surface area contributed by atoms with Gasteiger partial charge >= 0.3 is 10.3 Å². The summed E-state index contributed by atoms with van der Waals surface area (Å²) in [7, 11) is -4.24. The van der Waals surface area contributed by atoms with Crippen molar-refractivity contribution in [2.24, 2.45) is 5.10 Å². The van der Waals surface area contributed by atoms with Crippen molar-refractivity contribution in [3.05, 3.63) is 35.9 Å². The Balaban J connectivity index is 2.61. The Hall–Kier alpha value is -1.40. The predicted octanol–water partition coefficient (Wildman–Crippen LogP) is 0.413. The van der Waals surface area contributed by atoms with Gasteiger partial charge in [0.1, 0.15) is 0 Å². The zero-order valence-electron chi connectivity index (χ0n) is 6.58. The molecule has 0 saturated carbocycles. The van der Waals surface area contributed by atoms with Crippen LogP contribution < -0.4 is 4.83 Å². The summed E-state index contributed by atoms with van der Waals surface area (Å²) in [4.78, 5) is 1.57. The van der Waals surface area contributed by atoms with Crippen molar-refractivity contribution in [3.63, 3.8) is 0 Å². The van der Waals surface area contributed by atoms with E-state index < -0.39 is 10.3 Å². The van der Waals surface area contributed by atoms with Crippen LogP contribution in [0, 0.1) is 0 Å². The molecule has 6 heteroatoms. The van der Waals surface area contributed by atoms with Crippen LogP contribution in [0.3, 0.4) is 0 Å². The monoisotopic (exact) mass is 200 g/mol. The Kier molecular flexibility index (Phi) is 2.99. The third-order valence-corrected chi connectivity index (χ3v) is 1.52. The molecule has 0 spiro atoms. The molecule has 1 aromatic rings. The highest BCUT2D eigenvalue weighted by atomic mass is 32.2. The topological polar surface area (TPSA) is 78.8 Å². The first-order valence-electron chi connectivity index (χ1n) is 3.40. The molecule has 0 unspecified atom stereocenters. The van der Waals surface area contributed by atoms with Crippen LogP contribution in [-0.4, -0.2) is 19.2 Å². The molecule has 13 heavy (non-hydrogen) atoms. The predicted molar refractivity (Wildman–Crippen MR) is 48.7 cm³/mol. The number of nitrogens with one attached hydrogen (secondary N) is 1. The number of benzene rings is 1. The van der Waals surface area contributed by atoms with Crippen molar-refractivity contribution >= 4 is 16.5 Å². The third-order valence-electron chi connectivity index (χ3n) is 1.18. The van der Waals surface area contributed by atoms with Gasteiger partial charge in [-0.25, -0.2) is 0 Å². The van der Waals surface area contributed by atoms with E-state index in [1.54, 1.807) is 29.1 Å². The molecule has 0 heterocycles. The number of hydrazone groups is 1. The summed E-state index contributed by atoms with van der Waals surface area (Å²) in [5, 5.41) is 3.30. The van der Waals surface area contributed by atoms with Crippen LogP contribution in [0.1, 0.15) is 5.56 Å². The van der Waals surface area contributed by atoms with Gasteiger partial charge in [0.25, 0.3) is 0 Å². The van der Waals surface area contributed by atoms with E-state index in [4.69, 9.17) is 4.55 Å². The Bertz CT molecular complexity index is 385. The summed E-state index contributed by atoms with van der Waals surface area (Å²) >= 11 is 0. The van der Waals surface area contributed by atoms with Crippen LogP contribution in [0.15, 0.2) is 35.4 Å². The van der Waals surface area contributed by atoms with E-state index >= 15 is 0 Å². The van der Waals surface area contributed by atoms with Gasteiger partial charge in [0, 0.05) is 0 Å². The normalized spacial score (nSPS) is 11.8. The zero-order chi connectivity index (χ0) is 9.73. The maximum atomic E-state index is 10.2. The van der Waals surface area contributed by atoms with Gasteiger partial charge < -0.3 is 0 Å². The van der Waals surface area contributed by atoms with Crippen molar-refractivity contribution in [2.45, 2.75) is 0 Å². The Morgan fingerprint density at radius 2 is 1.92 bits per heavy atom. The van der Waals surface area contributed by atoms with E-state index in [1.807, 2.05) is 6.07 Å². The third kappa shape index (κ3) is 4.24. The van der Waals surface area contributed by atoms with E-state index in [2.05, 4.69) is 5.10 Å². The average Bonchev–Trinajstić information content (AvgIpc) is 2.04. The average molecular weight is 200 g/mol. The number of rotatable bonds is 3. The quantitative estimate of drug-likeness (QED) is 0.421. The van der Waals surface area contributed by atoms with E-state index in [1.165, 1.54) is 6.21 Å². The Morgan fingerprint density at radius 1 is 1.31 bits per heavy atom. The molecule has 0 saturated heterocycles. The van der Waals surface area contributed by atoms with Gasteiger partial charge in [-0.1, -0.05) is 30.3 Å². The summed E-state index contributed by atoms with van der Waals surface area (Å²) in [6.07, 6.45) is 1.29. The van der Waals surface area contributed by atoms with E-state index in [9.17, 15) is 8.42 Å². The molecule has 0 aliphatic carbocycles. The van der Waals surface area contributed by atoms with Crippen LogP contribution >= 0.6 is 0 Å². The molecule has 0 amide bonds. The SMILES string of the molecule is O=S(=O)(O)N/N=C\c1ccccc1. The second kappa shape index (κ2) is 4.01. The molecular formula is C7H8N2O3S. The lowest BCUT2D eigenvalue weighted by Crippen LogP contribution is -2.16. The van der Waals surface area contributed by atoms with Gasteiger partial charge in [0.2, 0.25) is 0 Å². The van der Waals surface area contributed by atoms with E-state index in [0.717, 1.165) is 5.56 Å². The fourth-order valence-electron chi connectivity index (χ4n) is 0.707. The molecule has 1 aromatic carbocycles. The van der Waals surface area contributed by atoms with Gasteiger partial charge in [-0.15, -0.1) is 0 Å². The largest absolute Gasteiger partial charge is 0.372 e. The molecule has 1 rings (SSSR count). The van der Waals surface area contributed by atoms with Gasteiger partial charge in [-0.05, 0) is 5.56 Å². The Morgan fingerprint density at radius 3 is 2.46 bits per heavy atom. The molecule has 0 fully saturated rings. The van der Waals surface area contributed by atoms with Gasteiger partial charge in [0.05, 0.1) is 6.21 Å². The molecule has 2 N–H and O–H groups in total. The number of nitrogens with zero attached hydrogens (tertiary/aromatic N) is 1. The van der Waals surface area contributed by atoms with Crippen LogP contribution in [0.4, 0.5) is 0 Å². The standard InChI is InChI=1S/C7H8N2O3S/c10-13(11,12)9-8-6-7-4-2-1-3-5-7/h1-6,9H,(H,10,11,12)/b8-6-. The van der Waals surface area contributed by atoms with Gasteiger partial charge in [0.15, 0.2) is 0 Å². The molecule has 70 valence electrons. The number of hydrogen-bond donors (Lipinski definition) is 2. The van der Waals surface area contributed by atoms with Gasteiger partial charge in [-0.2, -0.15) is 18.4 Å². The summed E-state index contributed by atoms with van der Waals surface area (Å²) in [5.41, 5.74) is 0.735. The lowest BCUT2D eigenvalue weighted by Gasteiger charge is -1.92. The zero-order valence-corrected chi connectivity index (χ0v) is 7.40. The molecule has 0 bridgehead atoms. The first-order valence-corrected chi connectivity index (χ1v) is 4.84. The molecule has 0 atom stereocenters. The van der Waals surface area contributed by atoms with Gasteiger partial charge in [-0.3, -0.25) is 4.55 Å². The van der Waals surface area contributed by atoms with Crippen molar-refractivity contribution in [2.75, 3.05) is 0 Å². The first-order chi connectivity index (χ1) is 6.08. The highest BCUT2D eigenvalue weighted by molar-refractivity contribution is 7.83. The van der Waals surface area contributed by atoms with E-state index in [-0.39, 0.29) is 0 Å². The molecule has 0 aromatic heterocycles. The summed E-state index contributed by atoms with van der Waals surface area (Å²) in [5.74, 6) is 0. The van der Waals surface area contributed by atoms with E-state index in [0.29, 0.717) is 0 Å². The summed E-state index contributed by atoms with van der Waals surface area (Å²) in [6.45, 7) is 0.